The molecule has 0 aromatic carbocycles. The maximum absolute atomic E-state index is 11.7. The molecular formula is C22H39O5P. The summed E-state index contributed by atoms with van der Waals surface area (Å²) in [7, 11) is -3.41. The lowest BCUT2D eigenvalue weighted by Gasteiger charge is -2.08. The van der Waals surface area contributed by atoms with Crippen molar-refractivity contribution in [2.24, 2.45) is 5.92 Å². The van der Waals surface area contributed by atoms with E-state index in [1.54, 1.807) is 0 Å². The molecule has 0 saturated carbocycles. The van der Waals surface area contributed by atoms with Crippen molar-refractivity contribution in [3.8, 4) is 0 Å². The number of carbonyl (C=O) groups is 1. The fourth-order valence-corrected chi connectivity index (χ4v) is 4.53. The summed E-state index contributed by atoms with van der Waals surface area (Å²) in [5.74, 6) is -0.366. The van der Waals surface area contributed by atoms with Crippen LogP contribution in [-0.2, 0) is 18.6 Å². The zero-order valence-electron chi connectivity index (χ0n) is 17.5. The van der Waals surface area contributed by atoms with Gasteiger partial charge in [0.2, 0.25) is 0 Å². The molecule has 1 rings (SSSR count). The Balaban J connectivity index is 1.85. The summed E-state index contributed by atoms with van der Waals surface area (Å²) in [6.45, 7) is 2.61. The molecule has 2 unspecified atom stereocenters. The smallest absolute Gasteiger partial charge is 0.328 e. The Bertz CT molecular complexity index is 515. The molecule has 0 spiro atoms. The third-order valence-electron chi connectivity index (χ3n) is 4.81. The first-order chi connectivity index (χ1) is 13.5. The summed E-state index contributed by atoms with van der Waals surface area (Å²) in [4.78, 5) is 21.0. The van der Waals surface area contributed by atoms with E-state index in [1.165, 1.54) is 38.5 Å². The largest absolute Gasteiger partial charge is 0.465 e. The van der Waals surface area contributed by atoms with E-state index in [-0.39, 0.29) is 31.3 Å². The highest BCUT2D eigenvalue weighted by molar-refractivity contribution is 7.53. The predicted molar refractivity (Wildman–Crippen MR) is 114 cm³/mol. The van der Waals surface area contributed by atoms with E-state index in [0.717, 1.165) is 32.1 Å². The van der Waals surface area contributed by atoms with E-state index < -0.39 is 7.60 Å². The lowest BCUT2D eigenvalue weighted by Crippen LogP contribution is -2.16. The Morgan fingerprint density at radius 3 is 2.32 bits per heavy atom. The Morgan fingerprint density at radius 2 is 1.68 bits per heavy atom. The van der Waals surface area contributed by atoms with E-state index in [9.17, 15) is 14.3 Å². The first kappa shape index (κ1) is 25.1. The van der Waals surface area contributed by atoms with Crippen LogP contribution in [0.3, 0.4) is 0 Å². The molecule has 1 aliphatic heterocycles. The summed E-state index contributed by atoms with van der Waals surface area (Å²) in [6.07, 6.45) is 22.3. The summed E-state index contributed by atoms with van der Waals surface area (Å²) in [5.41, 5.74) is 0. The molecule has 2 atom stereocenters. The van der Waals surface area contributed by atoms with Gasteiger partial charge in [0.1, 0.15) is 0 Å². The summed E-state index contributed by atoms with van der Waals surface area (Å²) >= 11 is 0. The second-order valence-electron chi connectivity index (χ2n) is 7.65. The van der Waals surface area contributed by atoms with Crippen molar-refractivity contribution in [2.75, 3.05) is 19.4 Å². The molecule has 0 bridgehead atoms. The zero-order chi connectivity index (χ0) is 20.5. The van der Waals surface area contributed by atoms with E-state index in [2.05, 4.69) is 31.2 Å². The van der Waals surface area contributed by atoms with Gasteiger partial charge in [-0.3, -0.25) is 9.36 Å². The maximum Gasteiger partial charge on any atom is 0.328 e. The number of unbranched alkanes of at least 4 members (excludes halogenated alkanes) is 8. The quantitative estimate of drug-likeness (QED) is 0.141. The van der Waals surface area contributed by atoms with Gasteiger partial charge in [-0.2, -0.15) is 0 Å². The van der Waals surface area contributed by atoms with Crippen LogP contribution in [0.5, 0.6) is 0 Å². The third-order valence-corrected chi connectivity index (χ3v) is 6.34. The van der Waals surface area contributed by atoms with E-state index in [1.807, 2.05) is 0 Å². The van der Waals surface area contributed by atoms with Gasteiger partial charge in [-0.1, -0.05) is 63.3 Å². The molecule has 28 heavy (non-hydrogen) atoms. The molecule has 1 N–H and O–H groups in total. The second kappa shape index (κ2) is 16.0. The Labute approximate surface area is 171 Å². The van der Waals surface area contributed by atoms with Gasteiger partial charge in [0, 0.05) is 12.3 Å². The lowest BCUT2D eigenvalue weighted by molar-refractivity contribution is -0.145. The van der Waals surface area contributed by atoms with Crippen LogP contribution in [0.25, 0.3) is 0 Å². The van der Waals surface area contributed by atoms with Crippen molar-refractivity contribution < 1.29 is 23.5 Å². The molecule has 6 heteroatoms. The van der Waals surface area contributed by atoms with Crippen LogP contribution < -0.4 is 0 Å². The number of hydrogen-bond donors (Lipinski definition) is 1. The van der Waals surface area contributed by atoms with Crippen LogP contribution in [0.1, 0.15) is 84.0 Å². The number of hydrogen-bond acceptors (Lipinski definition) is 4. The van der Waals surface area contributed by atoms with Crippen LogP contribution in [0.2, 0.25) is 0 Å². The molecule has 1 fully saturated rings. The van der Waals surface area contributed by atoms with Gasteiger partial charge in [-0.05, 0) is 38.5 Å². The summed E-state index contributed by atoms with van der Waals surface area (Å²) in [6, 6.07) is 0. The maximum atomic E-state index is 11.7. The predicted octanol–water partition coefficient (Wildman–Crippen LogP) is 6.17. The van der Waals surface area contributed by atoms with Crippen LogP contribution in [-0.4, -0.2) is 30.2 Å². The van der Waals surface area contributed by atoms with Crippen molar-refractivity contribution in [1.82, 2.24) is 0 Å². The standard InChI is InChI=1S/C22H39O5P/c1-2-3-4-5-6-7-8-9-10-11-12-13-14-15-16-17-22(23)26-18-21-19-27-28(24,25)20-21/h6-7,9-10,21H,2-5,8,11-20H2,1H3,(H,24,25)/b7-6-,10-9-. The fraction of sp³-hybridized carbons (Fsp3) is 0.773. The van der Waals surface area contributed by atoms with E-state index >= 15 is 0 Å². The Morgan fingerprint density at radius 1 is 1.04 bits per heavy atom. The van der Waals surface area contributed by atoms with Gasteiger partial charge < -0.3 is 14.2 Å². The molecule has 1 heterocycles. The molecule has 0 radical (unpaired) electrons. The first-order valence-electron chi connectivity index (χ1n) is 11.0. The fourth-order valence-electron chi connectivity index (χ4n) is 3.12. The minimum atomic E-state index is -3.41. The normalized spacial score (nSPS) is 22.4. The molecule has 5 nitrogen and oxygen atoms in total. The third kappa shape index (κ3) is 14.1. The average molecular weight is 415 g/mol. The minimum absolute atomic E-state index is 0.0873. The van der Waals surface area contributed by atoms with Gasteiger partial charge in [-0.25, -0.2) is 0 Å². The van der Waals surface area contributed by atoms with Gasteiger partial charge in [0.25, 0.3) is 0 Å². The van der Waals surface area contributed by atoms with Crippen LogP contribution in [0.15, 0.2) is 24.3 Å². The van der Waals surface area contributed by atoms with Crippen molar-refractivity contribution in [2.45, 2.75) is 84.0 Å². The molecule has 162 valence electrons. The first-order valence-corrected chi connectivity index (χ1v) is 12.7. The van der Waals surface area contributed by atoms with Gasteiger partial charge in [0.05, 0.1) is 19.4 Å². The molecular weight excluding hydrogens is 375 g/mol. The zero-order valence-corrected chi connectivity index (χ0v) is 18.4. The van der Waals surface area contributed by atoms with Gasteiger partial charge in [-0.15, -0.1) is 0 Å². The van der Waals surface area contributed by atoms with Crippen LogP contribution in [0.4, 0.5) is 0 Å². The number of allylic oxidation sites excluding steroid dienone is 4. The Kier molecular flexibility index (Phi) is 14.3. The molecule has 0 aromatic heterocycles. The van der Waals surface area contributed by atoms with Crippen molar-refractivity contribution in [3.63, 3.8) is 0 Å². The number of rotatable bonds is 16. The highest BCUT2D eigenvalue weighted by atomic mass is 31.2. The van der Waals surface area contributed by atoms with Gasteiger partial charge >= 0.3 is 13.6 Å². The molecule has 0 aromatic rings. The second-order valence-corrected chi connectivity index (χ2v) is 9.54. The highest BCUT2D eigenvalue weighted by Gasteiger charge is 2.34. The van der Waals surface area contributed by atoms with E-state index in [0.29, 0.717) is 6.42 Å². The molecule has 0 amide bonds. The highest BCUT2D eigenvalue weighted by Crippen LogP contribution is 2.49. The monoisotopic (exact) mass is 414 g/mol. The van der Waals surface area contributed by atoms with Gasteiger partial charge in [0.15, 0.2) is 0 Å². The lowest BCUT2D eigenvalue weighted by atomic mass is 10.1. The van der Waals surface area contributed by atoms with Crippen LogP contribution in [0, 0.1) is 5.92 Å². The van der Waals surface area contributed by atoms with Crippen molar-refractivity contribution >= 4 is 13.6 Å². The van der Waals surface area contributed by atoms with E-state index in [4.69, 9.17) is 9.26 Å². The topological polar surface area (TPSA) is 72.8 Å². The number of carbonyl (C=O) groups excluding carboxylic acids is 1. The number of esters is 1. The number of ether oxygens (including phenoxy) is 1. The minimum Gasteiger partial charge on any atom is -0.465 e. The van der Waals surface area contributed by atoms with Crippen LogP contribution >= 0.6 is 7.60 Å². The SMILES string of the molecule is CCCCC/C=C\C/C=C\CCCCCCCC(=O)OCC1COP(=O)(O)C1. The summed E-state index contributed by atoms with van der Waals surface area (Å²) < 4.78 is 21.2. The average Bonchev–Trinajstić information content (AvgIpc) is 3.02. The summed E-state index contributed by atoms with van der Waals surface area (Å²) in [5, 5.41) is 0. The Hall–Kier alpha value is -0.900. The molecule has 1 aliphatic rings. The van der Waals surface area contributed by atoms with Crippen molar-refractivity contribution in [3.05, 3.63) is 24.3 Å². The molecule has 1 saturated heterocycles. The molecule has 0 aliphatic carbocycles. The van der Waals surface area contributed by atoms with Crippen molar-refractivity contribution in [1.29, 1.82) is 0 Å².